The number of Topliss-reactive ketones (excluding diaryl/α,β-unsaturated/α-hetero) is 1. The molecule has 0 heterocycles. The molecule has 0 spiro atoms. The van der Waals surface area contributed by atoms with Crippen molar-refractivity contribution in [3.05, 3.63) is 0 Å². The average molecular weight is 169 g/mol. The van der Waals surface area contributed by atoms with E-state index in [1.807, 2.05) is 6.92 Å². The summed E-state index contributed by atoms with van der Waals surface area (Å²) in [6, 6.07) is 0. The lowest BCUT2D eigenvalue weighted by atomic mass is 10.1. The van der Waals surface area contributed by atoms with Crippen LogP contribution in [0.5, 0.6) is 0 Å². The lowest BCUT2D eigenvalue weighted by Crippen LogP contribution is -2.33. The number of carbonyl (C=O) groups excluding carboxylic acids is 2. The second-order valence-electron chi connectivity index (χ2n) is 3.55. The van der Waals surface area contributed by atoms with Crippen molar-refractivity contribution >= 4 is 11.7 Å². The van der Waals surface area contributed by atoms with Gasteiger partial charge in [0.15, 0.2) is 0 Å². The van der Waals surface area contributed by atoms with Gasteiger partial charge in [-0.2, -0.15) is 0 Å². The molecule has 0 aromatic carbocycles. The highest BCUT2D eigenvalue weighted by Gasteiger charge is 2.32. The number of carbonyl (C=O) groups is 2. The van der Waals surface area contributed by atoms with Crippen molar-refractivity contribution in [2.24, 2.45) is 11.8 Å². The summed E-state index contributed by atoms with van der Waals surface area (Å²) in [5.74, 6) is 0.681. The van der Waals surface area contributed by atoms with E-state index in [4.69, 9.17) is 0 Å². The fraction of sp³-hybridized carbons (Fsp3) is 0.778. The van der Waals surface area contributed by atoms with Crippen molar-refractivity contribution in [3.8, 4) is 0 Å². The van der Waals surface area contributed by atoms with Gasteiger partial charge in [-0.1, -0.05) is 6.92 Å². The van der Waals surface area contributed by atoms with Crippen LogP contribution in [-0.4, -0.2) is 18.2 Å². The number of rotatable bonds is 4. The molecule has 1 saturated carbocycles. The molecule has 68 valence electrons. The second kappa shape index (κ2) is 3.70. The molecule has 1 unspecified atom stereocenters. The van der Waals surface area contributed by atoms with E-state index < -0.39 is 0 Å². The van der Waals surface area contributed by atoms with Crippen molar-refractivity contribution in [1.82, 2.24) is 5.32 Å². The first kappa shape index (κ1) is 9.23. The lowest BCUT2D eigenvalue weighted by molar-refractivity contribution is -0.127. The molecule has 1 aliphatic carbocycles. The van der Waals surface area contributed by atoms with E-state index in [1.54, 1.807) is 0 Å². The van der Waals surface area contributed by atoms with E-state index in [9.17, 15) is 9.59 Å². The topological polar surface area (TPSA) is 46.2 Å². The van der Waals surface area contributed by atoms with E-state index in [-0.39, 0.29) is 24.2 Å². The van der Waals surface area contributed by atoms with Gasteiger partial charge in [0.1, 0.15) is 5.78 Å². The Labute approximate surface area is 72.5 Å². The van der Waals surface area contributed by atoms with Gasteiger partial charge in [-0.05, 0) is 25.7 Å². The van der Waals surface area contributed by atoms with Crippen LogP contribution in [0.1, 0.15) is 26.7 Å². The molecule has 1 aliphatic rings. The SMILES string of the molecule is CC(=O)CNC(=O)C(C)C1CC1. The van der Waals surface area contributed by atoms with Crippen LogP contribution in [0.2, 0.25) is 0 Å². The summed E-state index contributed by atoms with van der Waals surface area (Å²) >= 11 is 0. The van der Waals surface area contributed by atoms with Crippen LogP contribution in [0, 0.1) is 11.8 Å². The third-order valence-electron chi connectivity index (χ3n) is 2.25. The van der Waals surface area contributed by atoms with Crippen LogP contribution in [0.4, 0.5) is 0 Å². The van der Waals surface area contributed by atoms with E-state index >= 15 is 0 Å². The highest BCUT2D eigenvalue weighted by atomic mass is 16.2. The van der Waals surface area contributed by atoms with Crippen LogP contribution in [0.25, 0.3) is 0 Å². The monoisotopic (exact) mass is 169 g/mol. The Hall–Kier alpha value is -0.860. The summed E-state index contributed by atoms with van der Waals surface area (Å²) in [6.45, 7) is 3.57. The van der Waals surface area contributed by atoms with Gasteiger partial charge in [-0.3, -0.25) is 9.59 Å². The molecule has 1 rings (SSSR count). The number of hydrogen-bond acceptors (Lipinski definition) is 2. The first-order chi connectivity index (χ1) is 5.61. The highest BCUT2D eigenvalue weighted by molar-refractivity contribution is 5.85. The Morgan fingerprint density at radius 1 is 1.50 bits per heavy atom. The number of nitrogens with one attached hydrogen (secondary N) is 1. The smallest absolute Gasteiger partial charge is 0.223 e. The van der Waals surface area contributed by atoms with Crippen molar-refractivity contribution in [2.45, 2.75) is 26.7 Å². The molecule has 0 radical (unpaired) electrons. The summed E-state index contributed by atoms with van der Waals surface area (Å²) in [7, 11) is 0. The average Bonchev–Trinajstić information content (AvgIpc) is 2.80. The van der Waals surface area contributed by atoms with Crippen LogP contribution in [0.3, 0.4) is 0 Å². The number of ketones is 1. The molecule has 0 bridgehead atoms. The third kappa shape index (κ3) is 2.64. The van der Waals surface area contributed by atoms with E-state index in [0.717, 1.165) is 12.8 Å². The standard InChI is InChI=1S/C9H15NO2/c1-6(11)5-10-9(12)7(2)8-3-4-8/h7-8H,3-5H2,1-2H3,(H,10,12). The zero-order valence-electron chi connectivity index (χ0n) is 7.59. The summed E-state index contributed by atoms with van der Waals surface area (Å²) in [4.78, 5) is 21.8. The molecular formula is C9H15NO2. The van der Waals surface area contributed by atoms with Gasteiger partial charge in [-0.15, -0.1) is 0 Å². The van der Waals surface area contributed by atoms with E-state index in [0.29, 0.717) is 5.92 Å². The first-order valence-electron chi connectivity index (χ1n) is 4.38. The molecule has 0 aromatic rings. The third-order valence-corrected chi connectivity index (χ3v) is 2.25. The molecule has 1 atom stereocenters. The molecule has 12 heavy (non-hydrogen) atoms. The maximum atomic E-state index is 11.3. The summed E-state index contributed by atoms with van der Waals surface area (Å²) in [5, 5.41) is 2.61. The van der Waals surface area contributed by atoms with Crippen molar-refractivity contribution in [3.63, 3.8) is 0 Å². The second-order valence-corrected chi connectivity index (χ2v) is 3.55. The summed E-state index contributed by atoms with van der Waals surface area (Å²) in [6.07, 6.45) is 2.32. The molecule has 0 aromatic heterocycles. The van der Waals surface area contributed by atoms with E-state index in [1.165, 1.54) is 6.92 Å². The van der Waals surface area contributed by atoms with Crippen molar-refractivity contribution in [2.75, 3.05) is 6.54 Å². The minimum atomic E-state index is 0.00588. The van der Waals surface area contributed by atoms with Crippen molar-refractivity contribution in [1.29, 1.82) is 0 Å². The normalized spacial score (nSPS) is 18.5. The molecule has 1 N–H and O–H groups in total. The van der Waals surface area contributed by atoms with Gasteiger partial charge in [-0.25, -0.2) is 0 Å². The summed E-state index contributed by atoms with van der Waals surface area (Å²) < 4.78 is 0. The zero-order valence-corrected chi connectivity index (χ0v) is 7.59. The van der Waals surface area contributed by atoms with Gasteiger partial charge in [0, 0.05) is 5.92 Å². The summed E-state index contributed by atoms with van der Waals surface area (Å²) in [5.41, 5.74) is 0. The fourth-order valence-electron chi connectivity index (χ4n) is 1.18. The quantitative estimate of drug-likeness (QED) is 0.674. The Bertz CT molecular complexity index is 197. The molecule has 1 amide bonds. The highest BCUT2D eigenvalue weighted by Crippen LogP contribution is 2.36. The Morgan fingerprint density at radius 3 is 2.50 bits per heavy atom. The van der Waals surface area contributed by atoms with Gasteiger partial charge < -0.3 is 5.32 Å². The predicted molar refractivity (Wildman–Crippen MR) is 45.6 cm³/mol. The van der Waals surface area contributed by atoms with Crippen molar-refractivity contribution < 1.29 is 9.59 Å². The first-order valence-corrected chi connectivity index (χ1v) is 4.38. The van der Waals surface area contributed by atoms with Crippen LogP contribution < -0.4 is 5.32 Å². The van der Waals surface area contributed by atoms with Crippen LogP contribution >= 0.6 is 0 Å². The van der Waals surface area contributed by atoms with Gasteiger partial charge in [0.25, 0.3) is 0 Å². The minimum Gasteiger partial charge on any atom is -0.349 e. The Morgan fingerprint density at radius 2 is 2.08 bits per heavy atom. The predicted octanol–water partition coefficient (Wildman–Crippen LogP) is 0.738. The van der Waals surface area contributed by atoms with Crippen LogP contribution in [-0.2, 0) is 9.59 Å². The Balaban J connectivity index is 2.22. The maximum Gasteiger partial charge on any atom is 0.223 e. The largest absolute Gasteiger partial charge is 0.349 e. The molecular weight excluding hydrogens is 154 g/mol. The molecule has 0 saturated heterocycles. The minimum absolute atomic E-state index is 0.00588. The number of amides is 1. The lowest BCUT2D eigenvalue weighted by Gasteiger charge is -2.08. The fourth-order valence-corrected chi connectivity index (χ4v) is 1.18. The Kier molecular flexibility index (Phi) is 2.84. The van der Waals surface area contributed by atoms with Gasteiger partial charge in [0.05, 0.1) is 6.54 Å². The van der Waals surface area contributed by atoms with E-state index in [2.05, 4.69) is 5.32 Å². The van der Waals surface area contributed by atoms with Gasteiger partial charge >= 0.3 is 0 Å². The molecule has 1 fully saturated rings. The molecule has 3 nitrogen and oxygen atoms in total. The maximum absolute atomic E-state index is 11.3. The molecule has 3 heteroatoms. The molecule has 0 aliphatic heterocycles. The van der Waals surface area contributed by atoms with Gasteiger partial charge in [0.2, 0.25) is 5.91 Å². The van der Waals surface area contributed by atoms with Crippen LogP contribution in [0.15, 0.2) is 0 Å². The number of hydrogen-bond donors (Lipinski definition) is 1. The zero-order chi connectivity index (χ0) is 9.14.